The van der Waals surface area contributed by atoms with E-state index in [2.05, 4.69) is 4.98 Å². The quantitative estimate of drug-likeness (QED) is 0.676. The lowest BCUT2D eigenvalue weighted by Crippen LogP contribution is -2.35. The molecule has 0 saturated heterocycles. The second-order valence-electron chi connectivity index (χ2n) is 6.11. The normalized spacial score (nSPS) is 13.3. The molecule has 1 amide bonds. The number of fused-ring (bicyclic) bond motifs is 1. The van der Waals surface area contributed by atoms with Crippen molar-refractivity contribution in [1.82, 2.24) is 9.88 Å². The van der Waals surface area contributed by atoms with E-state index in [-0.39, 0.29) is 18.5 Å². The number of nitrogens with zero attached hydrogens (tertiary/aromatic N) is 2. The molecule has 0 spiro atoms. The second kappa shape index (κ2) is 7.25. The van der Waals surface area contributed by atoms with Crippen LogP contribution in [0.1, 0.15) is 16.1 Å². The molecule has 0 fully saturated rings. The van der Waals surface area contributed by atoms with Gasteiger partial charge in [0.15, 0.2) is 0 Å². The van der Waals surface area contributed by atoms with E-state index in [4.69, 9.17) is 4.74 Å². The van der Waals surface area contributed by atoms with Crippen LogP contribution >= 0.6 is 11.3 Å². The van der Waals surface area contributed by atoms with Crippen molar-refractivity contribution in [1.29, 1.82) is 0 Å². The number of aromatic nitrogens is 1. The summed E-state index contributed by atoms with van der Waals surface area (Å²) in [5, 5.41) is 0.856. The molecule has 0 aliphatic carbocycles. The maximum absolute atomic E-state index is 13.1. The number of amides is 1. The molecule has 2 aromatic carbocycles. The van der Waals surface area contributed by atoms with Crippen LogP contribution in [0.25, 0.3) is 10.6 Å². The average molecular weight is 368 g/mol. The van der Waals surface area contributed by atoms with Crippen LogP contribution in [0.3, 0.4) is 0 Å². The summed E-state index contributed by atoms with van der Waals surface area (Å²) in [5.41, 5.74) is 2.88. The highest BCUT2D eigenvalue weighted by Crippen LogP contribution is 2.32. The fourth-order valence-corrected chi connectivity index (χ4v) is 4.01. The van der Waals surface area contributed by atoms with Crippen molar-refractivity contribution in [3.8, 4) is 10.6 Å². The molecule has 4 rings (SSSR count). The zero-order valence-electron chi connectivity index (χ0n) is 14.0. The van der Waals surface area contributed by atoms with E-state index in [1.165, 1.54) is 12.1 Å². The number of rotatable bonds is 3. The number of benzene rings is 2. The van der Waals surface area contributed by atoms with Crippen molar-refractivity contribution < 1.29 is 13.9 Å². The Kier molecular flexibility index (Phi) is 4.67. The Morgan fingerprint density at radius 2 is 1.92 bits per heavy atom. The van der Waals surface area contributed by atoms with E-state index < -0.39 is 0 Å². The van der Waals surface area contributed by atoms with E-state index >= 15 is 0 Å². The van der Waals surface area contributed by atoms with Gasteiger partial charge in [0.25, 0.3) is 0 Å². The Morgan fingerprint density at radius 1 is 1.15 bits per heavy atom. The minimum Gasteiger partial charge on any atom is -0.445 e. The number of ether oxygens (including phenoxy) is 1. The number of hydrogen-bond donors (Lipinski definition) is 0. The summed E-state index contributed by atoms with van der Waals surface area (Å²) < 4.78 is 18.5. The van der Waals surface area contributed by atoms with Gasteiger partial charge in [-0.15, -0.1) is 11.3 Å². The van der Waals surface area contributed by atoms with Crippen LogP contribution in [0.2, 0.25) is 0 Å². The number of thiazole rings is 1. The van der Waals surface area contributed by atoms with Crippen molar-refractivity contribution >= 4 is 17.4 Å². The van der Waals surface area contributed by atoms with Crippen molar-refractivity contribution in [2.75, 3.05) is 6.54 Å². The van der Waals surface area contributed by atoms with Crippen LogP contribution in [0.15, 0.2) is 54.6 Å². The molecule has 4 nitrogen and oxygen atoms in total. The van der Waals surface area contributed by atoms with E-state index in [1.54, 1.807) is 28.4 Å². The molecular formula is C20H17FN2O2S. The molecule has 1 aromatic heterocycles. The third kappa shape index (κ3) is 3.60. The fourth-order valence-electron chi connectivity index (χ4n) is 2.88. The predicted molar refractivity (Wildman–Crippen MR) is 98.2 cm³/mol. The maximum atomic E-state index is 13.1. The fraction of sp³-hybridized carbons (Fsp3) is 0.200. The van der Waals surface area contributed by atoms with Crippen molar-refractivity contribution in [2.45, 2.75) is 19.6 Å². The Balaban J connectivity index is 1.42. The highest BCUT2D eigenvalue weighted by molar-refractivity contribution is 7.15. The predicted octanol–water partition coefficient (Wildman–Crippen LogP) is 4.64. The maximum Gasteiger partial charge on any atom is 0.410 e. The van der Waals surface area contributed by atoms with Crippen LogP contribution in [-0.4, -0.2) is 22.5 Å². The third-order valence-electron chi connectivity index (χ3n) is 4.29. The molecule has 0 atom stereocenters. The number of halogens is 1. The van der Waals surface area contributed by atoms with Gasteiger partial charge in [-0.3, -0.25) is 0 Å². The Bertz CT molecular complexity index is 909. The highest BCUT2D eigenvalue weighted by Gasteiger charge is 2.25. The van der Waals surface area contributed by atoms with Crippen LogP contribution < -0.4 is 0 Å². The lowest BCUT2D eigenvalue weighted by Gasteiger charge is -2.25. The topological polar surface area (TPSA) is 42.4 Å². The second-order valence-corrected chi connectivity index (χ2v) is 7.19. The Labute approximate surface area is 154 Å². The first-order valence-corrected chi connectivity index (χ1v) is 9.21. The first-order chi connectivity index (χ1) is 12.7. The van der Waals surface area contributed by atoms with Crippen molar-refractivity contribution in [3.05, 3.63) is 76.5 Å². The summed E-state index contributed by atoms with van der Waals surface area (Å²) in [6, 6.07) is 16.0. The first kappa shape index (κ1) is 16.7. The molecule has 1 aliphatic rings. The summed E-state index contributed by atoms with van der Waals surface area (Å²) in [4.78, 5) is 19.8. The zero-order valence-corrected chi connectivity index (χ0v) is 14.8. The molecule has 0 saturated carbocycles. The standard InChI is InChI=1S/C20H17FN2O2S/c21-16-8-6-15(7-9-16)19-22-17-10-11-23(12-18(17)26-19)20(24)25-13-14-4-2-1-3-5-14/h1-9H,10-13H2. The minimum atomic E-state index is -0.309. The third-order valence-corrected chi connectivity index (χ3v) is 5.42. The molecule has 0 radical (unpaired) electrons. The first-order valence-electron chi connectivity index (χ1n) is 8.39. The Hall–Kier alpha value is -2.73. The van der Waals surface area contributed by atoms with Crippen LogP contribution in [-0.2, 0) is 24.3 Å². The zero-order chi connectivity index (χ0) is 17.9. The largest absolute Gasteiger partial charge is 0.445 e. The van der Waals surface area contributed by atoms with Gasteiger partial charge in [0.05, 0.1) is 12.2 Å². The molecular weight excluding hydrogens is 351 g/mol. The minimum absolute atomic E-state index is 0.262. The summed E-state index contributed by atoms with van der Waals surface area (Å²) in [5.74, 6) is -0.262. The van der Waals surface area contributed by atoms with E-state index in [1.807, 2.05) is 30.3 Å². The summed E-state index contributed by atoms with van der Waals surface area (Å²) in [6.45, 7) is 1.36. The van der Waals surface area contributed by atoms with Crippen LogP contribution in [0.4, 0.5) is 9.18 Å². The molecule has 6 heteroatoms. The SMILES string of the molecule is O=C(OCc1ccccc1)N1CCc2nc(-c3ccc(F)cc3)sc2C1. The van der Waals surface area contributed by atoms with Gasteiger partial charge in [-0.2, -0.15) is 0 Å². The van der Waals surface area contributed by atoms with Gasteiger partial charge in [-0.25, -0.2) is 14.2 Å². The highest BCUT2D eigenvalue weighted by atomic mass is 32.1. The van der Waals surface area contributed by atoms with Gasteiger partial charge in [-0.1, -0.05) is 30.3 Å². The van der Waals surface area contributed by atoms with Gasteiger partial charge in [-0.05, 0) is 29.8 Å². The van der Waals surface area contributed by atoms with Gasteiger partial charge < -0.3 is 9.64 Å². The van der Waals surface area contributed by atoms with Gasteiger partial charge >= 0.3 is 6.09 Å². The van der Waals surface area contributed by atoms with Gasteiger partial charge in [0.1, 0.15) is 17.4 Å². The lowest BCUT2D eigenvalue weighted by molar-refractivity contribution is 0.0921. The smallest absolute Gasteiger partial charge is 0.410 e. The van der Waals surface area contributed by atoms with Crippen molar-refractivity contribution in [3.63, 3.8) is 0 Å². The van der Waals surface area contributed by atoms with E-state index in [0.717, 1.165) is 26.7 Å². The van der Waals surface area contributed by atoms with E-state index in [9.17, 15) is 9.18 Å². The summed E-state index contributed by atoms with van der Waals surface area (Å²) in [7, 11) is 0. The summed E-state index contributed by atoms with van der Waals surface area (Å²) >= 11 is 1.55. The molecule has 2 heterocycles. The number of hydrogen-bond acceptors (Lipinski definition) is 4. The van der Waals surface area contributed by atoms with Crippen molar-refractivity contribution in [2.24, 2.45) is 0 Å². The molecule has 0 unspecified atom stereocenters. The lowest BCUT2D eigenvalue weighted by atomic mass is 10.2. The van der Waals surface area contributed by atoms with Crippen LogP contribution in [0, 0.1) is 5.82 Å². The average Bonchev–Trinajstić information content (AvgIpc) is 3.10. The Morgan fingerprint density at radius 3 is 2.69 bits per heavy atom. The summed E-state index contributed by atoms with van der Waals surface area (Å²) in [6.07, 6.45) is 0.393. The molecule has 26 heavy (non-hydrogen) atoms. The molecule has 0 N–H and O–H groups in total. The monoisotopic (exact) mass is 368 g/mol. The van der Waals surface area contributed by atoms with Gasteiger partial charge in [0.2, 0.25) is 0 Å². The molecule has 1 aliphatic heterocycles. The number of carbonyl (C=O) groups is 1. The molecule has 132 valence electrons. The molecule has 3 aromatic rings. The van der Waals surface area contributed by atoms with Gasteiger partial charge in [0, 0.05) is 23.4 Å². The van der Waals surface area contributed by atoms with E-state index in [0.29, 0.717) is 19.5 Å². The van der Waals surface area contributed by atoms with Crippen LogP contribution in [0.5, 0.6) is 0 Å². The number of carbonyl (C=O) groups excluding carboxylic acids is 1. The molecule has 0 bridgehead atoms.